The average Bonchev–Trinajstić information content (AvgIpc) is 2.77. The molecule has 0 spiro atoms. The summed E-state index contributed by atoms with van der Waals surface area (Å²) in [4.78, 5) is 2.15. The van der Waals surface area contributed by atoms with Gasteiger partial charge in [-0.2, -0.15) is 0 Å². The molecule has 1 aliphatic heterocycles. The second kappa shape index (κ2) is 4.98. The fourth-order valence-electron chi connectivity index (χ4n) is 2.68. The maximum Gasteiger partial charge on any atom is 0.128 e. The molecule has 0 radical (unpaired) electrons. The van der Waals surface area contributed by atoms with Crippen molar-refractivity contribution >= 4 is 23.0 Å². The quantitative estimate of drug-likeness (QED) is 0.849. The molecule has 0 atom stereocenters. The summed E-state index contributed by atoms with van der Waals surface area (Å²) in [7, 11) is 0. The number of benzene rings is 2. The first-order valence-electron chi connectivity index (χ1n) is 6.62. The Morgan fingerprint density at radius 3 is 2.90 bits per heavy atom. The number of rotatable bonds is 2. The van der Waals surface area contributed by atoms with Crippen molar-refractivity contribution in [2.75, 3.05) is 17.2 Å². The van der Waals surface area contributed by atoms with E-state index in [0.717, 1.165) is 29.9 Å². The molecule has 0 unspecified atom stereocenters. The van der Waals surface area contributed by atoms with Gasteiger partial charge in [0.2, 0.25) is 0 Å². The van der Waals surface area contributed by atoms with Crippen LogP contribution in [0, 0.1) is 12.7 Å². The maximum atomic E-state index is 13.8. The van der Waals surface area contributed by atoms with Crippen molar-refractivity contribution in [1.29, 1.82) is 0 Å². The minimum Gasteiger partial charge on any atom is -0.398 e. The number of nitrogens with zero attached hydrogens (tertiary/aromatic N) is 1. The van der Waals surface area contributed by atoms with E-state index in [1.165, 1.54) is 11.6 Å². The van der Waals surface area contributed by atoms with Crippen molar-refractivity contribution in [3.63, 3.8) is 0 Å². The molecule has 2 N–H and O–H groups in total. The molecule has 1 aliphatic rings. The monoisotopic (exact) mass is 290 g/mol. The number of nitrogens with two attached hydrogens (primary N) is 1. The van der Waals surface area contributed by atoms with Gasteiger partial charge in [-0.1, -0.05) is 17.7 Å². The first-order chi connectivity index (χ1) is 9.54. The van der Waals surface area contributed by atoms with E-state index in [9.17, 15) is 4.39 Å². The Hall–Kier alpha value is -1.74. The van der Waals surface area contributed by atoms with Crippen LogP contribution in [0.25, 0.3) is 0 Å². The van der Waals surface area contributed by atoms with Crippen molar-refractivity contribution in [1.82, 2.24) is 0 Å². The Bertz CT molecular complexity index is 670. The van der Waals surface area contributed by atoms with Gasteiger partial charge in [-0.25, -0.2) is 4.39 Å². The molecule has 4 heteroatoms. The van der Waals surface area contributed by atoms with Gasteiger partial charge in [0, 0.05) is 35.1 Å². The molecule has 2 aromatic rings. The normalized spacial score (nSPS) is 13.7. The highest BCUT2D eigenvalue weighted by Gasteiger charge is 2.21. The number of hydrogen-bond acceptors (Lipinski definition) is 2. The predicted octanol–water partition coefficient (Wildman–Crippen LogP) is 3.93. The van der Waals surface area contributed by atoms with Crippen molar-refractivity contribution < 1.29 is 4.39 Å². The summed E-state index contributed by atoms with van der Waals surface area (Å²) in [5.41, 5.74) is 10.9. The molecular formula is C16H16ClFN2. The van der Waals surface area contributed by atoms with Crippen LogP contribution in [0.1, 0.15) is 16.7 Å². The van der Waals surface area contributed by atoms with Crippen LogP contribution in [0.5, 0.6) is 0 Å². The SMILES string of the molecule is Cc1cc2c(cc1N)N(Cc1cc(Cl)ccc1F)CC2. The minimum absolute atomic E-state index is 0.220. The summed E-state index contributed by atoms with van der Waals surface area (Å²) in [6.45, 7) is 3.40. The smallest absolute Gasteiger partial charge is 0.128 e. The lowest BCUT2D eigenvalue weighted by Gasteiger charge is -2.20. The van der Waals surface area contributed by atoms with E-state index < -0.39 is 0 Å². The van der Waals surface area contributed by atoms with Gasteiger partial charge in [0.15, 0.2) is 0 Å². The van der Waals surface area contributed by atoms with Crippen molar-refractivity contribution in [3.8, 4) is 0 Å². The molecule has 0 saturated heterocycles. The molecule has 2 aromatic carbocycles. The van der Waals surface area contributed by atoms with E-state index in [2.05, 4.69) is 11.0 Å². The van der Waals surface area contributed by atoms with Gasteiger partial charge in [-0.05, 0) is 48.7 Å². The van der Waals surface area contributed by atoms with Gasteiger partial charge in [0.25, 0.3) is 0 Å². The minimum atomic E-state index is -0.220. The number of aryl methyl sites for hydroxylation is 1. The van der Waals surface area contributed by atoms with Crippen LogP contribution in [0.4, 0.5) is 15.8 Å². The third kappa shape index (κ3) is 2.34. The van der Waals surface area contributed by atoms with Gasteiger partial charge >= 0.3 is 0 Å². The Labute approximate surface area is 123 Å². The van der Waals surface area contributed by atoms with E-state index in [-0.39, 0.29) is 5.82 Å². The first-order valence-corrected chi connectivity index (χ1v) is 7.00. The van der Waals surface area contributed by atoms with E-state index in [0.29, 0.717) is 17.1 Å². The standard InChI is InChI=1S/C16H16ClFN2/c1-10-6-11-4-5-20(16(11)8-15(10)19)9-12-7-13(17)2-3-14(12)18/h2-3,6-8H,4-5,9,19H2,1H3. The summed E-state index contributed by atoms with van der Waals surface area (Å²) in [6, 6.07) is 8.78. The molecule has 0 aliphatic carbocycles. The molecular weight excluding hydrogens is 275 g/mol. The van der Waals surface area contributed by atoms with Gasteiger partial charge in [0.05, 0.1) is 0 Å². The molecule has 1 heterocycles. The Balaban J connectivity index is 1.92. The van der Waals surface area contributed by atoms with Crippen LogP contribution >= 0.6 is 11.6 Å². The summed E-state index contributed by atoms with van der Waals surface area (Å²) < 4.78 is 13.8. The van der Waals surface area contributed by atoms with Crippen LogP contribution in [0.2, 0.25) is 5.02 Å². The second-order valence-electron chi connectivity index (χ2n) is 5.24. The van der Waals surface area contributed by atoms with E-state index in [4.69, 9.17) is 17.3 Å². The molecule has 0 amide bonds. The zero-order valence-corrected chi connectivity index (χ0v) is 12.0. The third-order valence-electron chi connectivity index (χ3n) is 3.83. The van der Waals surface area contributed by atoms with Crippen LogP contribution < -0.4 is 10.6 Å². The summed E-state index contributed by atoms with van der Waals surface area (Å²) in [6.07, 6.45) is 0.971. The summed E-state index contributed by atoms with van der Waals surface area (Å²) >= 11 is 5.94. The Morgan fingerprint density at radius 1 is 1.30 bits per heavy atom. The Morgan fingerprint density at radius 2 is 2.10 bits per heavy atom. The van der Waals surface area contributed by atoms with E-state index >= 15 is 0 Å². The molecule has 0 saturated carbocycles. The fraction of sp³-hybridized carbons (Fsp3) is 0.250. The zero-order chi connectivity index (χ0) is 14.3. The highest BCUT2D eigenvalue weighted by molar-refractivity contribution is 6.30. The lowest BCUT2D eigenvalue weighted by Crippen LogP contribution is -2.20. The van der Waals surface area contributed by atoms with Gasteiger partial charge < -0.3 is 10.6 Å². The largest absolute Gasteiger partial charge is 0.398 e. The Kier molecular flexibility index (Phi) is 3.30. The average molecular weight is 291 g/mol. The number of nitrogen functional groups attached to an aromatic ring is 1. The van der Waals surface area contributed by atoms with Gasteiger partial charge in [0.1, 0.15) is 5.82 Å². The number of anilines is 2. The number of halogens is 2. The topological polar surface area (TPSA) is 29.3 Å². The van der Waals surface area contributed by atoms with Crippen LogP contribution in [-0.2, 0) is 13.0 Å². The molecule has 3 rings (SSSR count). The lowest BCUT2D eigenvalue weighted by molar-refractivity contribution is 0.606. The van der Waals surface area contributed by atoms with Crippen molar-refractivity contribution in [2.45, 2.75) is 19.9 Å². The molecule has 0 bridgehead atoms. The predicted molar refractivity (Wildman–Crippen MR) is 81.8 cm³/mol. The number of fused-ring (bicyclic) bond motifs is 1. The highest BCUT2D eigenvalue weighted by Crippen LogP contribution is 2.33. The molecule has 2 nitrogen and oxygen atoms in total. The molecule has 0 aromatic heterocycles. The summed E-state index contributed by atoms with van der Waals surface area (Å²) in [5, 5.41) is 0.559. The van der Waals surface area contributed by atoms with Gasteiger partial charge in [-0.3, -0.25) is 0 Å². The lowest BCUT2D eigenvalue weighted by atomic mass is 10.1. The first kappa shape index (κ1) is 13.3. The van der Waals surface area contributed by atoms with Crippen LogP contribution in [0.15, 0.2) is 30.3 Å². The summed E-state index contributed by atoms with van der Waals surface area (Å²) in [5.74, 6) is -0.220. The fourth-order valence-corrected chi connectivity index (χ4v) is 2.87. The molecule has 0 fully saturated rings. The number of hydrogen-bond donors (Lipinski definition) is 1. The zero-order valence-electron chi connectivity index (χ0n) is 11.3. The van der Waals surface area contributed by atoms with E-state index in [1.54, 1.807) is 12.1 Å². The molecule has 104 valence electrons. The van der Waals surface area contributed by atoms with Crippen LogP contribution in [0.3, 0.4) is 0 Å². The highest BCUT2D eigenvalue weighted by atomic mass is 35.5. The maximum absolute atomic E-state index is 13.8. The third-order valence-corrected chi connectivity index (χ3v) is 4.06. The van der Waals surface area contributed by atoms with Crippen molar-refractivity contribution in [3.05, 3.63) is 57.9 Å². The van der Waals surface area contributed by atoms with Crippen molar-refractivity contribution in [2.24, 2.45) is 0 Å². The van der Waals surface area contributed by atoms with E-state index in [1.807, 2.05) is 13.0 Å². The van der Waals surface area contributed by atoms with Crippen LogP contribution in [-0.4, -0.2) is 6.54 Å². The molecule has 20 heavy (non-hydrogen) atoms. The second-order valence-corrected chi connectivity index (χ2v) is 5.68. The van der Waals surface area contributed by atoms with Gasteiger partial charge in [-0.15, -0.1) is 0 Å².